The quantitative estimate of drug-likeness (QED) is 0.350. The minimum Gasteiger partial charge on any atom is -0.481 e. The van der Waals surface area contributed by atoms with Gasteiger partial charge in [0, 0.05) is 44.0 Å². The monoisotopic (exact) mass is 588 g/mol. The predicted molar refractivity (Wildman–Crippen MR) is 159 cm³/mol. The van der Waals surface area contributed by atoms with Crippen LogP contribution in [0.2, 0.25) is 0 Å². The molecule has 1 aromatic carbocycles. The van der Waals surface area contributed by atoms with Crippen molar-refractivity contribution >= 4 is 27.5 Å². The van der Waals surface area contributed by atoms with Crippen LogP contribution in [-0.2, 0) is 21.4 Å². The van der Waals surface area contributed by atoms with Gasteiger partial charge in [-0.25, -0.2) is 13.4 Å². The second-order valence-corrected chi connectivity index (χ2v) is 13.5. The summed E-state index contributed by atoms with van der Waals surface area (Å²) in [6.45, 7) is 8.86. The number of aliphatic carboxylic acids is 1. The van der Waals surface area contributed by atoms with Crippen molar-refractivity contribution in [3.05, 3.63) is 82.4 Å². The van der Waals surface area contributed by atoms with Gasteiger partial charge in [0.1, 0.15) is 16.5 Å². The summed E-state index contributed by atoms with van der Waals surface area (Å²) in [5, 5.41) is 18.7. The fourth-order valence-corrected chi connectivity index (χ4v) is 8.17. The zero-order valence-corrected chi connectivity index (χ0v) is 25.2. The largest absolute Gasteiger partial charge is 0.481 e. The summed E-state index contributed by atoms with van der Waals surface area (Å²) in [5.74, 6) is -0.812. The summed E-state index contributed by atoms with van der Waals surface area (Å²) in [6.07, 6.45) is 6.51. The topological polar surface area (TPSA) is 121 Å². The Morgan fingerprint density at radius 1 is 1.12 bits per heavy atom. The third kappa shape index (κ3) is 4.74. The number of nitrogens with zero attached hydrogens (tertiary/aromatic N) is 6. The van der Waals surface area contributed by atoms with E-state index in [1.807, 2.05) is 55.6 Å². The number of benzene rings is 1. The Labute approximate surface area is 246 Å². The highest BCUT2D eigenvalue weighted by Gasteiger charge is 2.39. The lowest BCUT2D eigenvalue weighted by Crippen LogP contribution is -2.45. The molecule has 0 amide bonds. The van der Waals surface area contributed by atoms with Crippen molar-refractivity contribution in [2.24, 2.45) is 5.92 Å². The van der Waals surface area contributed by atoms with Gasteiger partial charge in [-0.3, -0.25) is 9.20 Å². The van der Waals surface area contributed by atoms with Gasteiger partial charge in [-0.2, -0.15) is 4.31 Å². The first-order valence-electron chi connectivity index (χ1n) is 14.4. The van der Waals surface area contributed by atoms with Gasteiger partial charge in [-0.15, -0.1) is 10.2 Å². The predicted octanol–water partition coefficient (Wildman–Crippen LogP) is 4.47. The smallest absolute Gasteiger partial charge is 0.307 e. The fraction of sp³-hybridized carbons (Fsp3) is 0.419. The van der Waals surface area contributed by atoms with Crippen LogP contribution in [0.15, 0.2) is 53.7 Å². The Hall–Kier alpha value is -3.83. The van der Waals surface area contributed by atoms with E-state index in [1.54, 1.807) is 29.6 Å². The second kappa shape index (κ2) is 10.8. The first-order valence-corrected chi connectivity index (χ1v) is 15.9. The lowest BCUT2D eigenvalue weighted by atomic mass is 9.79. The maximum absolute atomic E-state index is 14.1. The number of pyridine rings is 2. The van der Waals surface area contributed by atoms with E-state index >= 15 is 0 Å². The normalized spacial score (nSPS) is 20.0. The van der Waals surface area contributed by atoms with Crippen molar-refractivity contribution in [1.82, 2.24) is 23.9 Å². The molecule has 220 valence electrons. The summed E-state index contributed by atoms with van der Waals surface area (Å²) in [6, 6.07) is 11.2. The van der Waals surface area contributed by atoms with Gasteiger partial charge in [-0.05, 0) is 86.1 Å². The maximum atomic E-state index is 14.1. The molecule has 11 heteroatoms. The number of hydrogen-bond donors (Lipinski definition) is 1. The molecule has 3 aromatic heterocycles. The maximum Gasteiger partial charge on any atom is 0.307 e. The van der Waals surface area contributed by atoms with Gasteiger partial charge in [-0.1, -0.05) is 25.1 Å². The van der Waals surface area contributed by atoms with Crippen LogP contribution in [0.4, 0.5) is 5.82 Å². The molecule has 0 bridgehead atoms. The van der Waals surface area contributed by atoms with Crippen LogP contribution in [0.1, 0.15) is 65.7 Å². The van der Waals surface area contributed by atoms with Crippen LogP contribution in [0.5, 0.6) is 0 Å². The van der Waals surface area contributed by atoms with Gasteiger partial charge in [0.2, 0.25) is 10.0 Å². The van der Waals surface area contributed by atoms with Crippen molar-refractivity contribution in [3.8, 4) is 0 Å². The Kier molecular flexibility index (Phi) is 7.26. The lowest BCUT2D eigenvalue weighted by molar-refractivity contribution is -0.141. The summed E-state index contributed by atoms with van der Waals surface area (Å²) in [4.78, 5) is 19.3. The molecule has 0 aliphatic carbocycles. The third-order valence-electron chi connectivity index (χ3n) is 9.02. The fourth-order valence-electron chi connectivity index (χ4n) is 6.56. The Balaban J connectivity index is 1.42. The number of hydrogen-bond acceptors (Lipinski definition) is 7. The van der Waals surface area contributed by atoms with E-state index in [9.17, 15) is 18.3 Å². The van der Waals surface area contributed by atoms with Crippen LogP contribution in [0, 0.1) is 26.7 Å². The number of piperidine rings is 1. The van der Waals surface area contributed by atoms with Crippen molar-refractivity contribution in [1.29, 1.82) is 0 Å². The van der Waals surface area contributed by atoms with Crippen molar-refractivity contribution < 1.29 is 18.3 Å². The van der Waals surface area contributed by atoms with Crippen LogP contribution in [0.3, 0.4) is 0 Å². The molecular weight excluding hydrogens is 552 g/mol. The molecule has 10 nitrogen and oxygen atoms in total. The zero-order valence-electron chi connectivity index (χ0n) is 24.4. The van der Waals surface area contributed by atoms with E-state index in [1.165, 1.54) is 0 Å². The molecule has 2 aliphatic rings. The number of sulfonamides is 1. The number of carboxylic acids is 1. The molecule has 4 aromatic rings. The number of aromatic nitrogens is 4. The molecule has 1 saturated heterocycles. The number of rotatable bonds is 6. The summed E-state index contributed by atoms with van der Waals surface area (Å²) in [7, 11) is -3.82. The highest BCUT2D eigenvalue weighted by atomic mass is 32.2. The Morgan fingerprint density at radius 2 is 1.93 bits per heavy atom. The highest BCUT2D eigenvalue weighted by Crippen LogP contribution is 2.38. The van der Waals surface area contributed by atoms with Gasteiger partial charge < -0.3 is 10.0 Å². The van der Waals surface area contributed by atoms with Crippen LogP contribution < -0.4 is 4.90 Å². The number of fused-ring (bicyclic) bond motifs is 4. The molecule has 1 N–H and O–H groups in total. The average molecular weight is 589 g/mol. The minimum atomic E-state index is -3.82. The molecule has 1 fully saturated rings. The number of carbonyl (C=O) groups is 1. The number of carboxylic acid groups (broad SMARTS) is 1. The van der Waals surface area contributed by atoms with Gasteiger partial charge in [0.15, 0.2) is 5.65 Å². The number of aryl methyl sites for hydroxylation is 3. The minimum absolute atomic E-state index is 0.0499. The summed E-state index contributed by atoms with van der Waals surface area (Å²) < 4.78 is 31.6. The Bertz CT molecular complexity index is 1790. The molecule has 3 atom stereocenters. The molecule has 0 saturated carbocycles. The van der Waals surface area contributed by atoms with Crippen LogP contribution >= 0.6 is 0 Å². The molecule has 0 spiro atoms. The van der Waals surface area contributed by atoms with E-state index < -0.39 is 27.8 Å². The second-order valence-electron chi connectivity index (χ2n) is 11.6. The zero-order chi connectivity index (χ0) is 29.8. The van der Waals surface area contributed by atoms with Crippen LogP contribution in [-0.4, -0.2) is 62.5 Å². The summed E-state index contributed by atoms with van der Waals surface area (Å²) >= 11 is 0. The van der Waals surface area contributed by atoms with Gasteiger partial charge in [0.05, 0.1) is 5.92 Å². The molecule has 6 rings (SSSR count). The molecular formula is C31H36N6O4S. The Morgan fingerprint density at radius 3 is 2.71 bits per heavy atom. The van der Waals surface area contributed by atoms with Gasteiger partial charge in [0.25, 0.3) is 0 Å². The third-order valence-corrected chi connectivity index (χ3v) is 10.9. The molecule has 5 heterocycles. The van der Waals surface area contributed by atoms with E-state index in [-0.39, 0.29) is 17.5 Å². The van der Waals surface area contributed by atoms with E-state index in [4.69, 9.17) is 0 Å². The SMILES string of the molecule is Cc1ccc(C(c2ccn3c(C)nnc3c2C)C(C)C(=O)O)cc1CN1C[C@@H]2CCCCN2c2ncccc2S1(=O)=O. The lowest BCUT2D eigenvalue weighted by Gasteiger charge is -2.36. The molecule has 0 radical (unpaired) electrons. The molecule has 2 unspecified atom stereocenters. The molecule has 42 heavy (non-hydrogen) atoms. The number of anilines is 1. The first kappa shape index (κ1) is 28.3. The summed E-state index contributed by atoms with van der Waals surface area (Å²) in [5.41, 5.74) is 5.05. The van der Waals surface area contributed by atoms with Crippen molar-refractivity contribution in [3.63, 3.8) is 0 Å². The average Bonchev–Trinajstić information content (AvgIpc) is 3.32. The highest BCUT2D eigenvalue weighted by molar-refractivity contribution is 7.89. The molecule has 2 aliphatic heterocycles. The van der Waals surface area contributed by atoms with E-state index in [0.29, 0.717) is 18.0 Å². The van der Waals surface area contributed by atoms with Gasteiger partial charge >= 0.3 is 5.97 Å². The van der Waals surface area contributed by atoms with E-state index in [2.05, 4.69) is 20.1 Å². The van der Waals surface area contributed by atoms with Crippen molar-refractivity contribution in [2.75, 3.05) is 18.0 Å². The van der Waals surface area contributed by atoms with E-state index in [0.717, 1.165) is 59.4 Å². The first-order chi connectivity index (χ1) is 20.1. The van der Waals surface area contributed by atoms with Crippen molar-refractivity contribution in [2.45, 2.75) is 70.4 Å². The standard InChI is InChI=1S/C31H36N6O4S/c1-19-10-11-23(28(21(3)31(38)39)26-12-15-36-22(4)33-34-29(36)20(26)2)16-24(19)17-35-18-25-8-5-6-14-37(25)30-27(42(35,40)41)9-7-13-32-30/h7,9-13,15-16,21,25,28H,5-6,8,14,17-18H2,1-4H3,(H,38,39)/t21?,25-,28?/m0/s1. The van der Waals surface area contributed by atoms with Crippen LogP contribution in [0.25, 0.3) is 5.65 Å².